The molecule has 3 heterocycles. The summed E-state index contributed by atoms with van der Waals surface area (Å²) < 4.78 is 2.28. The Balaban J connectivity index is 1.78. The first kappa shape index (κ1) is 18.2. The summed E-state index contributed by atoms with van der Waals surface area (Å²) in [6.07, 6.45) is 6.49. The highest BCUT2D eigenvalue weighted by Crippen LogP contribution is 2.43. The van der Waals surface area contributed by atoms with Crippen molar-refractivity contribution in [3.8, 4) is 5.69 Å². The maximum atomic E-state index is 12.2. The number of para-hydroxylation sites is 1. The molecule has 0 N–H and O–H groups in total. The van der Waals surface area contributed by atoms with Gasteiger partial charge in [-0.15, -0.1) is 0 Å². The number of aromatic nitrogens is 2. The van der Waals surface area contributed by atoms with Gasteiger partial charge in [-0.05, 0) is 30.4 Å². The minimum Gasteiger partial charge on any atom is -0.343 e. The summed E-state index contributed by atoms with van der Waals surface area (Å²) in [6, 6.07) is 8.67. The van der Waals surface area contributed by atoms with Crippen molar-refractivity contribution in [1.29, 1.82) is 0 Å². The first-order valence-corrected chi connectivity index (χ1v) is 10.2. The van der Waals surface area contributed by atoms with Gasteiger partial charge >= 0.3 is 0 Å². The number of amides is 1. The summed E-state index contributed by atoms with van der Waals surface area (Å²) in [5.41, 5.74) is 2.47. The van der Waals surface area contributed by atoms with E-state index < -0.39 is 0 Å². The SMILES string of the molecule is CCC(=O)N1CCC2(CC1)c1nccn1-c1ccccc1CN2CC(C)C. The average Bonchev–Trinajstić information content (AvgIpc) is 3.14. The Morgan fingerprint density at radius 3 is 2.67 bits per heavy atom. The molecule has 1 aromatic heterocycles. The molecule has 1 amide bonds. The Hall–Kier alpha value is -2.14. The summed E-state index contributed by atoms with van der Waals surface area (Å²) in [5, 5.41) is 0. The van der Waals surface area contributed by atoms with Crippen LogP contribution in [0.4, 0.5) is 0 Å². The van der Waals surface area contributed by atoms with Gasteiger partial charge in [0.2, 0.25) is 5.91 Å². The van der Waals surface area contributed by atoms with Crippen molar-refractivity contribution in [2.75, 3.05) is 19.6 Å². The van der Waals surface area contributed by atoms with Gasteiger partial charge < -0.3 is 9.47 Å². The second kappa shape index (κ2) is 7.12. The van der Waals surface area contributed by atoms with E-state index in [1.54, 1.807) is 0 Å². The lowest BCUT2D eigenvalue weighted by molar-refractivity contribution is -0.134. The van der Waals surface area contributed by atoms with E-state index >= 15 is 0 Å². The predicted molar refractivity (Wildman–Crippen MR) is 107 cm³/mol. The maximum absolute atomic E-state index is 12.2. The van der Waals surface area contributed by atoms with E-state index in [1.165, 1.54) is 11.3 Å². The Morgan fingerprint density at radius 1 is 1.22 bits per heavy atom. The van der Waals surface area contributed by atoms with Gasteiger partial charge in [0.15, 0.2) is 0 Å². The molecule has 1 fully saturated rings. The molecule has 27 heavy (non-hydrogen) atoms. The van der Waals surface area contributed by atoms with Crippen molar-refractivity contribution in [2.45, 2.75) is 52.1 Å². The molecule has 1 spiro atoms. The quantitative estimate of drug-likeness (QED) is 0.834. The lowest BCUT2D eigenvalue weighted by Gasteiger charge is -2.48. The van der Waals surface area contributed by atoms with E-state index in [0.717, 1.165) is 44.8 Å². The predicted octanol–water partition coefficient (Wildman–Crippen LogP) is 3.57. The van der Waals surface area contributed by atoms with Gasteiger partial charge in [0.25, 0.3) is 0 Å². The molecule has 0 bridgehead atoms. The highest BCUT2D eigenvalue weighted by molar-refractivity contribution is 5.75. The number of rotatable bonds is 3. The van der Waals surface area contributed by atoms with E-state index in [2.05, 4.69) is 53.8 Å². The molecular formula is C22H30N4O. The first-order chi connectivity index (χ1) is 13.0. The van der Waals surface area contributed by atoms with Gasteiger partial charge in [-0.1, -0.05) is 39.0 Å². The van der Waals surface area contributed by atoms with Gasteiger partial charge in [0, 0.05) is 45.0 Å². The number of nitrogens with zero attached hydrogens (tertiary/aromatic N) is 4. The lowest BCUT2D eigenvalue weighted by Crippen LogP contribution is -2.55. The molecule has 5 nitrogen and oxygen atoms in total. The van der Waals surface area contributed by atoms with Crippen LogP contribution in [-0.2, 0) is 16.9 Å². The molecule has 0 unspecified atom stereocenters. The van der Waals surface area contributed by atoms with Crippen LogP contribution in [0.15, 0.2) is 36.7 Å². The number of benzene rings is 1. The number of fused-ring (bicyclic) bond motifs is 4. The number of imidazole rings is 1. The summed E-state index contributed by atoms with van der Waals surface area (Å²) in [4.78, 5) is 21.8. The van der Waals surface area contributed by atoms with Crippen molar-refractivity contribution in [3.05, 3.63) is 48.0 Å². The van der Waals surface area contributed by atoms with Gasteiger partial charge in [-0.2, -0.15) is 0 Å². The molecule has 0 aliphatic carbocycles. The smallest absolute Gasteiger partial charge is 0.222 e. The summed E-state index contributed by atoms with van der Waals surface area (Å²) in [5.74, 6) is 1.98. The zero-order chi connectivity index (χ0) is 19.0. The summed E-state index contributed by atoms with van der Waals surface area (Å²) in [6.45, 7) is 10.1. The topological polar surface area (TPSA) is 41.4 Å². The van der Waals surface area contributed by atoms with Crippen LogP contribution < -0.4 is 0 Å². The van der Waals surface area contributed by atoms with Gasteiger partial charge in [-0.3, -0.25) is 9.69 Å². The van der Waals surface area contributed by atoms with Crippen LogP contribution in [0, 0.1) is 5.92 Å². The van der Waals surface area contributed by atoms with Crippen molar-refractivity contribution < 1.29 is 4.79 Å². The maximum Gasteiger partial charge on any atom is 0.222 e. The minimum atomic E-state index is -0.114. The Labute approximate surface area is 162 Å². The van der Waals surface area contributed by atoms with Crippen LogP contribution >= 0.6 is 0 Å². The third-order valence-electron chi connectivity index (χ3n) is 6.11. The highest BCUT2D eigenvalue weighted by atomic mass is 16.2. The van der Waals surface area contributed by atoms with Crippen LogP contribution in [0.2, 0.25) is 0 Å². The van der Waals surface area contributed by atoms with E-state index in [-0.39, 0.29) is 11.4 Å². The van der Waals surface area contributed by atoms with Crippen LogP contribution in [-0.4, -0.2) is 44.9 Å². The highest BCUT2D eigenvalue weighted by Gasteiger charge is 2.46. The molecule has 0 radical (unpaired) electrons. The van der Waals surface area contributed by atoms with E-state index in [0.29, 0.717) is 12.3 Å². The Kier molecular flexibility index (Phi) is 4.81. The standard InChI is InChI=1S/C22H30N4O/c1-4-20(27)24-12-9-22(10-13-24)21-23-11-14-26(21)19-8-6-5-7-18(19)16-25(22)15-17(2)3/h5-8,11,14,17H,4,9-10,12-13,15-16H2,1-3H3. The minimum absolute atomic E-state index is 0.114. The fraction of sp³-hybridized carbons (Fsp3) is 0.545. The fourth-order valence-electron chi connectivity index (χ4n) is 4.79. The summed E-state index contributed by atoms with van der Waals surface area (Å²) >= 11 is 0. The van der Waals surface area contributed by atoms with Crippen molar-refractivity contribution in [1.82, 2.24) is 19.4 Å². The monoisotopic (exact) mass is 366 g/mol. The second-order valence-electron chi connectivity index (χ2n) is 8.29. The number of carbonyl (C=O) groups is 1. The van der Waals surface area contributed by atoms with Gasteiger partial charge in [-0.25, -0.2) is 4.98 Å². The third-order valence-corrected chi connectivity index (χ3v) is 6.11. The molecule has 5 heteroatoms. The van der Waals surface area contributed by atoms with Crippen LogP contribution in [0.25, 0.3) is 5.69 Å². The normalized spacial score (nSPS) is 19.0. The number of hydrogen-bond acceptors (Lipinski definition) is 3. The molecule has 144 valence electrons. The van der Waals surface area contributed by atoms with Crippen LogP contribution in [0.5, 0.6) is 0 Å². The second-order valence-corrected chi connectivity index (χ2v) is 8.29. The first-order valence-electron chi connectivity index (χ1n) is 10.2. The molecular weight excluding hydrogens is 336 g/mol. The fourth-order valence-corrected chi connectivity index (χ4v) is 4.79. The largest absolute Gasteiger partial charge is 0.343 e. The lowest BCUT2D eigenvalue weighted by atomic mass is 9.83. The van der Waals surface area contributed by atoms with E-state index in [9.17, 15) is 4.79 Å². The third kappa shape index (κ3) is 3.08. The van der Waals surface area contributed by atoms with Crippen molar-refractivity contribution in [2.24, 2.45) is 5.92 Å². The zero-order valence-electron chi connectivity index (χ0n) is 16.7. The molecule has 4 rings (SSSR count). The molecule has 1 aromatic carbocycles. The molecule has 2 aliphatic heterocycles. The van der Waals surface area contributed by atoms with Gasteiger partial charge in [0.1, 0.15) is 5.82 Å². The average molecular weight is 367 g/mol. The summed E-state index contributed by atoms with van der Waals surface area (Å²) in [7, 11) is 0. The van der Waals surface area contributed by atoms with Crippen molar-refractivity contribution in [3.63, 3.8) is 0 Å². The number of piperidine rings is 1. The van der Waals surface area contributed by atoms with E-state index in [4.69, 9.17) is 4.98 Å². The Morgan fingerprint density at radius 2 is 1.96 bits per heavy atom. The number of likely N-dealkylation sites (tertiary alicyclic amines) is 1. The number of carbonyl (C=O) groups excluding carboxylic acids is 1. The van der Waals surface area contributed by atoms with Crippen molar-refractivity contribution >= 4 is 5.91 Å². The van der Waals surface area contributed by atoms with Crippen LogP contribution in [0.3, 0.4) is 0 Å². The Bertz CT molecular complexity index is 817. The molecule has 0 atom stereocenters. The molecule has 2 aromatic rings. The molecule has 2 aliphatic rings. The van der Waals surface area contributed by atoms with E-state index in [1.807, 2.05) is 18.0 Å². The van der Waals surface area contributed by atoms with Crippen LogP contribution in [0.1, 0.15) is 51.4 Å². The zero-order valence-corrected chi connectivity index (χ0v) is 16.7. The van der Waals surface area contributed by atoms with Gasteiger partial charge in [0.05, 0.1) is 11.2 Å². The molecule has 1 saturated heterocycles. The number of hydrogen-bond donors (Lipinski definition) is 0. The molecule has 0 saturated carbocycles.